The van der Waals surface area contributed by atoms with Crippen LogP contribution in [0.1, 0.15) is 33.1 Å². The van der Waals surface area contributed by atoms with Crippen LogP contribution in [0.25, 0.3) is 11.2 Å². The Morgan fingerprint density at radius 3 is 2.95 bits per heavy atom. The molecule has 114 valence electrons. The van der Waals surface area contributed by atoms with Crippen LogP contribution in [-0.2, 0) is 4.74 Å². The van der Waals surface area contributed by atoms with Gasteiger partial charge in [0.2, 0.25) is 0 Å². The van der Waals surface area contributed by atoms with Crippen molar-refractivity contribution in [3.63, 3.8) is 0 Å². The second kappa shape index (κ2) is 4.96. The molecule has 0 spiro atoms. The van der Waals surface area contributed by atoms with Gasteiger partial charge >= 0.3 is 0 Å². The van der Waals surface area contributed by atoms with E-state index in [4.69, 9.17) is 4.74 Å². The van der Waals surface area contributed by atoms with E-state index in [0.29, 0.717) is 11.5 Å². The highest BCUT2D eigenvalue weighted by molar-refractivity contribution is 5.83. The fourth-order valence-corrected chi connectivity index (χ4v) is 2.73. The third-order valence-corrected chi connectivity index (χ3v) is 4.43. The summed E-state index contributed by atoms with van der Waals surface area (Å²) < 4.78 is 7.27. The van der Waals surface area contributed by atoms with Crippen molar-refractivity contribution in [2.75, 3.05) is 11.9 Å². The first-order valence-electron chi connectivity index (χ1n) is 7.71. The van der Waals surface area contributed by atoms with Crippen molar-refractivity contribution < 1.29 is 4.74 Å². The quantitative estimate of drug-likeness (QED) is 0.859. The fraction of sp³-hybridized carbons (Fsp3) is 0.562. The Labute approximate surface area is 129 Å². The van der Waals surface area contributed by atoms with Crippen molar-refractivity contribution in [3.8, 4) is 12.0 Å². The topological polar surface area (TPSA) is 64.9 Å². The summed E-state index contributed by atoms with van der Waals surface area (Å²) in [6.07, 6.45) is 6.52. The summed E-state index contributed by atoms with van der Waals surface area (Å²) in [5.74, 6) is 3.92. The van der Waals surface area contributed by atoms with Gasteiger partial charge in [0.25, 0.3) is 0 Å². The standard InChI is InChI=1S/C16H19N5O/c1-16(2)8-12(16)20-14-13-15(18-9-17-14)21(10-19-13)6-5-11-4-3-7-22-11/h9-12H,3-4,7-8H2,1-2H3,(H,17,18,20). The van der Waals surface area contributed by atoms with Crippen molar-refractivity contribution in [2.45, 2.75) is 45.3 Å². The van der Waals surface area contributed by atoms with Gasteiger partial charge in [-0.15, -0.1) is 0 Å². The number of rotatable bonds is 2. The molecular weight excluding hydrogens is 278 g/mol. The van der Waals surface area contributed by atoms with Gasteiger partial charge in [-0.1, -0.05) is 13.8 Å². The van der Waals surface area contributed by atoms with Crippen molar-refractivity contribution in [2.24, 2.45) is 5.41 Å². The van der Waals surface area contributed by atoms with Crippen LogP contribution in [0, 0.1) is 17.4 Å². The predicted molar refractivity (Wildman–Crippen MR) is 83.3 cm³/mol. The maximum Gasteiger partial charge on any atom is 0.177 e. The molecule has 6 nitrogen and oxygen atoms in total. The molecule has 2 aromatic heterocycles. The number of nitrogens with one attached hydrogen (secondary N) is 1. The predicted octanol–water partition coefficient (Wildman–Crippen LogP) is 2.02. The van der Waals surface area contributed by atoms with E-state index in [-0.39, 0.29) is 6.10 Å². The van der Waals surface area contributed by atoms with Crippen LogP contribution in [0.15, 0.2) is 12.7 Å². The number of hydrogen-bond acceptors (Lipinski definition) is 5. The molecule has 0 bridgehead atoms. The Kier molecular flexibility index (Phi) is 3.05. The average molecular weight is 297 g/mol. The van der Waals surface area contributed by atoms with E-state index in [9.17, 15) is 0 Å². The van der Waals surface area contributed by atoms with Gasteiger partial charge in [0.15, 0.2) is 17.0 Å². The first kappa shape index (κ1) is 13.5. The maximum atomic E-state index is 5.52. The minimum Gasteiger partial charge on any atom is -0.365 e. The van der Waals surface area contributed by atoms with Crippen LogP contribution in [0.5, 0.6) is 0 Å². The second-order valence-electron chi connectivity index (χ2n) is 6.66. The van der Waals surface area contributed by atoms with Crippen molar-refractivity contribution >= 4 is 17.0 Å². The van der Waals surface area contributed by atoms with Crippen LogP contribution in [0.3, 0.4) is 0 Å². The third kappa shape index (κ3) is 2.42. The molecule has 1 saturated heterocycles. The molecule has 4 rings (SSSR count). The molecule has 6 heteroatoms. The Bertz CT molecular complexity index is 764. The zero-order chi connectivity index (χ0) is 15.2. The number of hydrogen-bond donors (Lipinski definition) is 1. The number of ether oxygens (including phenoxy) is 1. The van der Waals surface area contributed by atoms with E-state index in [1.54, 1.807) is 17.2 Å². The molecular formula is C16H19N5O. The zero-order valence-corrected chi connectivity index (χ0v) is 12.8. The van der Waals surface area contributed by atoms with Gasteiger partial charge in [-0.25, -0.2) is 19.5 Å². The van der Waals surface area contributed by atoms with E-state index in [2.05, 4.69) is 46.1 Å². The van der Waals surface area contributed by atoms with E-state index < -0.39 is 0 Å². The highest BCUT2D eigenvalue weighted by Crippen LogP contribution is 2.46. The number of aromatic nitrogens is 4. The SMILES string of the molecule is CC1(C)CC1Nc1ncnc2c1ncn2C#CC1CCCO1. The van der Waals surface area contributed by atoms with Gasteiger partial charge in [-0.3, -0.25) is 0 Å². The molecule has 1 aliphatic heterocycles. The summed E-state index contributed by atoms with van der Waals surface area (Å²) in [7, 11) is 0. The summed E-state index contributed by atoms with van der Waals surface area (Å²) in [6, 6.07) is 3.54. The van der Waals surface area contributed by atoms with Gasteiger partial charge in [-0.2, -0.15) is 0 Å². The minimum atomic E-state index is 0.0316. The van der Waals surface area contributed by atoms with Crippen LogP contribution in [0.2, 0.25) is 0 Å². The van der Waals surface area contributed by atoms with E-state index in [1.165, 1.54) is 0 Å². The van der Waals surface area contributed by atoms with Crippen LogP contribution in [0.4, 0.5) is 5.82 Å². The van der Waals surface area contributed by atoms with Gasteiger partial charge in [-0.05, 0) is 30.6 Å². The first-order valence-corrected chi connectivity index (χ1v) is 7.71. The lowest BCUT2D eigenvalue weighted by atomic mass is 10.2. The molecule has 1 saturated carbocycles. The van der Waals surface area contributed by atoms with Crippen LogP contribution < -0.4 is 5.32 Å². The summed E-state index contributed by atoms with van der Waals surface area (Å²) in [5, 5.41) is 3.46. The summed E-state index contributed by atoms with van der Waals surface area (Å²) in [6.45, 7) is 5.29. The molecule has 2 aromatic rings. The van der Waals surface area contributed by atoms with Crippen LogP contribution >= 0.6 is 0 Å². The Morgan fingerprint density at radius 1 is 1.36 bits per heavy atom. The molecule has 0 amide bonds. The lowest BCUT2D eigenvalue weighted by Crippen LogP contribution is -2.10. The zero-order valence-electron chi connectivity index (χ0n) is 12.8. The van der Waals surface area contributed by atoms with Crippen molar-refractivity contribution in [1.82, 2.24) is 19.5 Å². The molecule has 0 aromatic carbocycles. The molecule has 1 aliphatic carbocycles. The van der Waals surface area contributed by atoms with Gasteiger partial charge in [0.1, 0.15) is 18.8 Å². The Morgan fingerprint density at radius 2 is 2.23 bits per heavy atom. The summed E-state index contributed by atoms with van der Waals surface area (Å²) in [5.41, 5.74) is 1.84. The molecule has 22 heavy (non-hydrogen) atoms. The lowest BCUT2D eigenvalue weighted by molar-refractivity contribution is 0.152. The number of nitrogens with zero attached hydrogens (tertiary/aromatic N) is 4. The van der Waals surface area contributed by atoms with Gasteiger partial charge in [0.05, 0.1) is 0 Å². The van der Waals surface area contributed by atoms with E-state index in [1.807, 2.05) is 0 Å². The third-order valence-electron chi connectivity index (χ3n) is 4.43. The molecule has 2 unspecified atom stereocenters. The molecule has 2 aliphatic rings. The molecule has 0 radical (unpaired) electrons. The van der Waals surface area contributed by atoms with Crippen molar-refractivity contribution in [3.05, 3.63) is 12.7 Å². The van der Waals surface area contributed by atoms with Crippen LogP contribution in [-0.4, -0.2) is 38.3 Å². The van der Waals surface area contributed by atoms with E-state index >= 15 is 0 Å². The summed E-state index contributed by atoms with van der Waals surface area (Å²) in [4.78, 5) is 13.1. The highest BCUT2D eigenvalue weighted by atomic mass is 16.5. The second-order valence-corrected chi connectivity index (χ2v) is 6.66. The number of fused-ring (bicyclic) bond motifs is 1. The maximum absolute atomic E-state index is 5.52. The Hall–Kier alpha value is -2.13. The van der Waals surface area contributed by atoms with Gasteiger partial charge in [0, 0.05) is 18.7 Å². The van der Waals surface area contributed by atoms with Crippen molar-refractivity contribution in [1.29, 1.82) is 0 Å². The minimum absolute atomic E-state index is 0.0316. The fourth-order valence-electron chi connectivity index (χ4n) is 2.73. The Balaban J connectivity index is 1.62. The molecule has 2 fully saturated rings. The number of anilines is 1. The first-order chi connectivity index (χ1) is 10.6. The average Bonchev–Trinajstić information content (AvgIpc) is 2.95. The molecule has 3 heterocycles. The number of imidazole rings is 1. The smallest absolute Gasteiger partial charge is 0.177 e. The molecule has 1 N–H and O–H groups in total. The lowest BCUT2D eigenvalue weighted by Gasteiger charge is -2.07. The molecule has 2 atom stereocenters. The largest absolute Gasteiger partial charge is 0.365 e. The van der Waals surface area contributed by atoms with Gasteiger partial charge < -0.3 is 10.1 Å². The highest BCUT2D eigenvalue weighted by Gasteiger charge is 2.46. The monoisotopic (exact) mass is 297 g/mol. The summed E-state index contributed by atoms with van der Waals surface area (Å²) >= 11 is 0. The normalized spacial score (nSPS) is 25.7. The van der Waals surface area contributed by atoms with E-state index in [0.717, 1.165) is 42.9 Å².